The average molecular weight is 322 g/mol. The van der Waals surface area contributed by atoms with Crippen LogP contribution >= 0.6 is 0 Å². The van der Waals surface area contributed by atoms with Gasteiger partial charge in [-0.1, -0.05) is 30.3 Å². The summed E-state index contributed by atoms with van der Waals surface area (Å²) in [6, 6.07) is 7.81. The summed E-state index contributed by atoms with van der Waals surface area (Å²) in [4.78, 5) is 36.1. The van der Waals surface area contributed by atoms with Gasteiger partial charge >= 0.3 is 5.97 Å². The standard InChI is InChI=1S/C16H22N2O5/c1-11(16(21)22)18(10-9-17-12(2)19)15(20)14(23-3)13-7-5-4-6-8-13/h4-8,11,14H,9-10H2,1-3H3,(H,17,19)(H,21,22). The van der Waals surface area contributed by atoms with Crippen LogP contribution in [-0.4, -0.2) is 54.0 Å². The summed E-state index contributed by atoms with van der Waals surface area (Å²) in [5, 5.41) is 11.8. The number of benzene rings is 1. The SMILES string of the molecule is COC(C(=O)N(CCNC(C)=O)C(C)C(=O)O)c1ccccc1. The maximum atomic E-state index is 12.7. The van der Waals surface area contributed by atoms with Crippen LogP contribution < -0.4 is 5.32 Å². The van der Waals surface area contributed by atoms with Crippen molar-refractivity contribution in [1.29, 1.82) is 0 Å². The first-order chi connectivity index (χ1) is 10.9. The first-order valence-corrected chi connectivity index (χ1v) is 7.24. The minimum Gasteiger partial charge on any atom is -0.480 e. The van der Waals surface area contributed by atoms with Crippen molar-refractivity contribution >= 4 is 17.8 Å². The van der Waals surface area contributed by atoms with Crippen LogP contribution in [0.15, 0.2) is 30.3 Å². The molecule has 2 unspecified atom stereocenters. The highest BCUT2D eigenvalue weighted by Crippen LogP contribution is 2.20. The zero-order valence-electron chi connectivity index (χ0n) is 13.5. The van der Waals surface area contributed by atoms with Gasteiger partial charge in [0.1, 0.15) is 6.04 Å². The number of methoxy groups -OCH3 is 1. The van der Waals surface area contributed by atoms with Crippen LogP contribution in [0.3, 0.4) is 0 Å². The molecule has 1 rings (SSSR count). The summed E-state index contributed by atoms with van der Waals surface area (Å²) in [6.45, 7) is 3.03. The van der Waals surface area contributed by atoms with Gasteiger partial charge in [0.25, 0.3) is 5.91 Å². The summed E-state index contributed by atoms with van der Waals surface area (Å²) in [5.74, 6) is -1.82. The van der Waals surface area contributed by atoms with Crippen molar-refractivity contribution in [1.82, 2.24) is 10.2 Å². The number of rotatable bonds is 8. The van der Waals surface area contributed by atoms with Crippen LogP contribution in [0, 0.1) is 0 Å². The predicted octanol–water partition coefficient (Wildman–Crippen LogP) is 0.812. The lowest BCUT2D eigenvalue weighted by Crippen LogP contribution is -2.48. The highest BCUT2D eigenvalue weighted by atomic mass is 16.5. The number of carbonyl (C=O) groups excluding carboxylic acids is 2. The summed E-state index contributed by atoms with van der Waals surface area (Å²) < 4.78 is 5.26. The Balaban J connectivity index is 2.96. The van der Waals surface area contributed by atoms with E-state index in [0.29, 0.717) is 5.56 Å². The molecule has 7 nitrogen and oxygen atoms in total. The van der Waals surface area contributed by atoms with Gasteiger partial charge in [-0.2, -0.15) is 0 Å². The second-order valence-electron chi connectivity index (χ2n) is 5.06. The van der Waals surface area contributed by atoms with Gasteiger partial charge in [0, 0.05) is 27.1 Å². The molecule has 0 spiro atoms. The number of aliphatic carboxylic acids is 1. The Hall–Kier alpha value is -2.41. The second-order valence-corrected chi connectivity index (χ2v) is 5.06. The third kappa shape index (κ3) is 5.37. The molecule has 7 heteroatoms. The number of nitrogens with zero attached hydrogens (tertiary/aromatic N) is 1. The van der Waals surface area contributed by atoms with Gasteiger partial charge in [0.05, 0.1) is 0 Å². The smallest absolute Gasteiger partial charge is 0.326 e. The summed E-state index contributed by atoms with van der Waals surface area (Å²) >= 11 is 0. The van der Waals surface area contributed by atoms with Crippen LogP contribution in [0.5, 0.6) is 0 Å². The van der Waals surface area contributed by atoms with E-state index in [2.05, 4.69) is 5.32 Å². The van der Waals surface area contributed by atoms with E-state index in [4.69, 9.17) is 4.74 Å². The Kier molecular flexibility index (Phi) is 7.21. The molecule has 0 saturated carbocycles. The van der Waals surface area contributed by atoms with Crippen LogP contribution in [-0.2, 0) is 19.1 Å². The molecule has 0 aliphatic rings. The van der Waals surface area contributed by atoms with Crippen molar-refractivity contribution in [2.24, 2.45) is 0 Å². The van der Waals surface area contributed by atoms with E-state index >= 15 is 0 Å². The Bertz CT molecular complexity index is 547. The Morgan fingerprint density at radius 2 is 1.87 bits per heavy atom. The summed E-state index contributed by atoms with van der Waals surface area (Å²) in [6.07, 6.45) is -0.893. The first kappa shape index (κ1) is 18.6. The van der Waals surface area contributed by atoms with Crippen LogP contribution in [0.1, 0.15) is 25.5 Å². The molecule has 0 aliphatic carbocycles. The molecule has 0 bridgehead atoms. The topological polar surface area (TPSA) is 95.9 Å². The average Bonchev–Trinajstić information content (AvgIpc) is 2.52. The second kappa shape index (κ2) is 8.89. The largest absolute Gasteiger partial charge is 0.480 e. The lowest BCUT2D eigenvalue weighted by molar-refractivity contribution is -0.154. The van der Waals surface area contributed by atoms with Crippen molar-refractivity contribution in [3.05, 3.63) is 35.9 Å². The van der Waals surface area contributed by atoms with E-state index in [0.717, 1.165) is 0 Å². The molecule has 2 N–H and O–H groups in total. The molecule has 2 amide bonds. The lowest BCUT2D eigenvalue weighted by atomic mass is 10.1. The fourth-order valence-corrected chi connectivity index (χ4v) is 2.14. The fraction of sp³-hybridized carbons (Fsp3) is 0.438. The molecule has 23 heavy (non-hydrogen) atoms. The van der Waals surface area contributed by atoms with Gasteiger partial charge in [-0.05, 0) is 12.5 Å². The van der Waals surface area contributed by atoms with Gasteiger partial charge in [0.2, 0.25) is 5.91 Å². The maximum absolute atomic E-state index is 12.7. The zero-order valence-corrected chi connectivity index (χ0v) is 13.5. The number of carboxylic acids is 1. The lowest BCUT2D eigenvalue weighted by Gasteiger charge is -2.30. The number of carboxylic acid groups (broad SMARTS) is 1. The van der Waals surface area contributed by atoms with E-state index in [-0.39, 0.29) is 19.0 Å². The number of hydrogen-bond donors (Lipinski definition) is 2. The molecule has 0 aromatic heterocycles. The van der Waals surface area contributed by atoms with E-state index < -0.39 is 24.0 Å². The third-order valence-electron chi connectivity index (χ3n) is 3.40. The minimum atomic E-state index is -1.12. The molecule has 0 heterocycles. The van der Waals surface area contributed by atoms with Crippen LogP contribution in [0.25, 0.3) is 0 Å². The van der Waals surface area contributed by atoms with Gasteiger partial charge in [-0.15, -0.1) is 0 Å². The Morgan fingerprint density at radius 1 is 1.26 bits per heavy atom. The third-order valence-corrected chi connectivity index (χ3v) is 3.40. The maximum Gasteiger partial charge on any atom is 0.326 e. The van der Waals surface area contributed by atoms with E-state index in [1.54, 1.807) is 24.3 Å². The molecule has 0 aliphatic heterocycles. The van der Waals surface area contributed by atoms with Crippen molar-refractivity contribution in [2.75, 3.05) is 20.2 Å². The molecule has 0 radical (unpaired) electrons. The number of hydrogen-bond acceptors (Lipinski definition) is 4. The Labute approximate surface area is 135 Å². The first-order valence-electron chi connectivity index (χ1n) is 7.24. The van der Waals surface area contributed by atoms with Gasteiger partial charge < -0.3 is 20.1 Å². The normalized spacial score (nSPS) is 13.0. The van der Waals surface area contributed by atoms with E-state index in [1.807, 2.05) is 6.07 Å². The Morgan fingerprint density at radius 3 is 2.35 bits per heavy atom. The highest BCUT2D eigenvalue weighted by Gasteiger charge is 2.31. The molecule has 0 saturated heterocycles. The molecule has 0 fully saturated rings. The number of carbonyl (C=O) groups is 3. The number of nitrogens with one attached hydrogen (secondary N) is 1. The van der Waals surface area contributed by atoms with E-state index in [9.17, 15) is 19.5 Å². The van der Waals surface area contributed by atoms with Gasteiger partial charge in [0.15, 0.2) is 6.10 Å². The summed E-state index contributed by atoms with van der Waals surface area (Å²) in [7, 11) is 1.40. The van der Waals surface area contributed by atoms with Crippen LogP contribution in [0.2, 0.25) is 0 Å². The molecule has 1 aromatic rings. The predicted molar refractivity (Wildman–Crippen MR) is 83.7 cm³/mol. The molecule has 126 valence electrons. The number of ether oxygens (including phenoxy) is 1. The van der Waals surface area contributed by atoms with E-state index in [1.165, 1.54) is 25.9 Å². The fourth-order valence-electron chi connectivity index (χ4n) is 2.14. The molecular weight excluding hydrogens is 300 g/mol. The van der Waals surface area contributed by atoms with Crippen molar-refractivity contribution in [3.8, 4) is 0 Å². The zero-order chi connectivity index (χ0) is 17.4. The van der Waals surface area contributed by atoms with Crippen LogP contribution in [0.4, 0.5) is 0 Å². The van der Waals surface area contributed by atoms with Crippen molar-refractivity contribution in [3.63, 3.8) is 0 Å². The minimum absolute atomic E-state index is 0.0819. The van der Waals surface area contributed by atoms with Gasteiger partial charge in [-0.3, -0.25) is 9.59 Å². The van der Waals surface area contributed by atoms with Crippen molar-refractivity contribution < 1.29 is 24.2 Å². The number of amides is 2. The molecular formula is C16H22N2O5. The van der Waals surface area contributed by atoms with Crippen molar-refractivity contribution in [2.45, 2.75) is 26.0 Å². The quantitative estimate of drug-likeness (QED) is 0.738. The monoisotopic (exact) mass is 322 g/mol. The van der Waals surface area contributed by atoms with Gasteiger partial charge in [-0.25, -0.2) is 4.79 Å². The molecule has 1 aromatic carbocycles. The summed E-state index contributed by atoms with van der Waals surface area (Å²) in [5.41, 5.74) is 0.641. The highest BCUT2D eigenvalue weighted by molar-refractivity contribution is 5.87. The molecule has 2 atom stereocenters.